The summed E-state index contributed by atoms with van der Waals surface area (Å²) in [6.07, 6.45) is 8.85. The average Bonchev–Trinajstić information content (AvgIpc) is 3.20. The zero-order chi connectivity index (χ0) is 22.2. The third kappa shape index (κ3) is 3.27. The molecule has 2 heteroatoms. The quantitative estimate of drug-likeness (QED) is 0.181. The number of furan rings is 1. The molecule has 1 aliphatic heterocycles. The largest absolute Gasteiger partial charge is 0.352 e. The topological polar surface area (TPSA) is 14.3 Å². The molecule has 160 valence electrons. The first kappa shape index (κ1) is 20.4. The van der Waals surface area contributed by atoms with Crippen LogP contribution >= 0.6 is 0 Å². The van der Waals surface area contributed by atoms with Crippen LogP contribution in [0.5, 0.6) is 0 Å². The molecule has 4 aromatic rings. The van der Waals surface area contributed by atoms with Gasteiger partial charge in [0.25, 0.3) is 5.58 Å². The fourth-order valence-corrected chi connectivity index (χ4v) is 4.90. The predicted octanol–water partition coefficient (Wildman–Crippen LogP) is 8.04. The van der Waals surface area contributed by atoms with Crippen molar-refractivity contribution in [2.24, 2.45) is 5.92 Å². The van der Waals surface area contributed by atoms with Gasteiger partial charge < -0.3 is 4.58 Å². The molecule has 5 rings (SSSR count). The molecule has 0 atom stereocenters. The predicted molar refractivity (Wildman–Crippen MR) is 135 cm³/mol. The molecular formula is C30H29NO. The summed E-state index contributed by atoms with van der Waals surface area (Å²) in [6, 6.07) is 22.4. The Labute approximate surface area is 190 Å². The van der Waals surface area contributed by atoms with Crippen molar-refractivity contribution in [1.29, 1.82) is 0 Å². The van der Waals surface area contributed by atoms with Crippen LogP contribution in [0.2, 0.25) is 0 Å². The molecule has 0 aliphatic carbocycles. The van der Waals surface area contributed by atoms with Crippen molar-refractivity contribution < 1.29 is 8.99 Å². The summed E-state index contributed by atoms with van der Waals surface area (Å²) < 4.78 is 8.64. The number of hydrogen-bond acceptors (Lipinski definition) is 0. The maximum absolute atomic E-state index is 6.67. The first-order valence-corrected chi connectivity index (χ1v) is 11.5. The molecule has 32 heavy (non-hydrogen) atoms. The number of hydrogen-bond donors (Lipinski definition) is 0. The summed E-state index contributed by atoms with van der Waals surface area (Å²) >= 11 is 0. The molecule has 0 saturated heterocycles. The van der Waals surface area contributed by atoms with Crippen molar-refractivity contribution in [2.45, 2.75) is 33.6 Å². The van der Waals surface area contributed by atoms with Gasteiger partial charge in [0.05, 0.1) is 23.2 Å². The Kier molecular flexibility index (Phi) is 5.22. The zero-order valence-electron chi connectivity index (χ0n) is 19.1. The molecule has 0 spiro atoms. The standard InChI is InChI=1S/C30H29NO/c1-5-21(6-2)23-17-18-31(4)27(19-23)28-20(3)15-16-26-25-14-10-13-24(29(25)32-30(26)28)22-11-8-7-9-12-22/h7-19,21H,4-6H2,1-3H3. The lowest BCUT2D eigenvalue weighted by Gasteiger charge is -2.29. The highest BCUT2D eigenvalue weighted by Gasteiger charge is 2.26. The summed E-state index contributed by atoms with van der Waals surface area (Å²) in [6.45, 7) is 11.0. The summed E-state index contributed by atoms with van der Waals surface area (Å²) in [5, 5.41) is 2.29. The molecule has 3 aromatic carbocycles. The maximum atomic E-state index is 6.67. The number of aryl methyl sites for hydroxylation is 1. The number of nitrogens with zero attached hydrogens (tertiary/aromatic N) is 1. The highest BCUT2D eigenvalue weighted by atomic mass is 16.3. The smallest absolute Gasteiger partial charge is 0.336 e. The van der Waals surface area contributed by atoms with Gasteiger partial charge in [-0.15, -0.1) is 29.4 Å². The van der Waals surface area contributed by atoms with Gasteiger partial charge in [0.2, 0.25) is 0 Å². The van der Waals surface area contributed by atoms with E-state index in [1.165, 1.54) is 16.7 Å². The normalized spacial score (nSPS) is 14.1. The van der Waals surface area contributed by atoms with E-state index in [1.54, 1.807) is 0 Å². The van der Waals surface area contributed by atoms with Crippen molar-refractivity contribution in [1.82, 2.24) is 0 Å². The molecule has 2 nitrogen and oxygen atoms in total. The van der Waals surface area contributed by atoms with Gasteiger partial charge in [-0.05, 0) is 23.3 Å². The third-order valence-corrected chi connectivity index (χ3v) is 6.73. The van der Waals surface area contributed by atoms with E-state index < -0.39 is 0 Å². The fourth-order valence-electron chi connectivity index (χ4n) is 4.90. The fraction of sp³-hybridized carbons (Fsp3) is 0.200. The van der Waals surface area contributed by atoms with Crippen molar-refractivity contribution in [3.8, 4) is 11.1 Å². The number of allylic oxidation sites excluding steroid dienone is 2. The van der Waals surface area contributed by atoms with E-state index in [1.807, 2.05) is 10.6 Å². The summed E-state index contributed by atoms with van der Waals surface area (Å²) in [5.74, 6) is 0.551. The molecule has 0 N–H and O–H groups in total. The molecule has 1 aromatic heterocycles. The lowest BCUT2D eigenvalue weighted by Crippen LogP contribution is -2.18. The minimum Gasteiger partial charge on any atom is -0.336 e. The highest BCUT2D eigenvalue weighted by Crippen LogP contribution is 2.41. The first-order chi connectivity index (χ1) is 15.6. The Bertz CT molecular complexity index is 1370. The van der Waals surface area contributed by atoms with Gasteiger partial charge in [-0.25, -0.2) is 0 Å². The molecule has 0 saturated carbocycles. The minimum atomic E-state index is 0.551. The SMILES string of the molecule is C=[N+]1C=CC(C(CC)CC)=C[C-]1c1c(C)ccc2c3cccc(-c4ccccc4)c3[o+][c-]12. The molecule has 2 heterocycles. The second kappa shape index (κ2) is 8.20. The zero-order valence-corrected chi connectivity index (χ0v) is 19.1. The average molecular weight is 420 g/mol. The van der Waals surface area contributed by atoms with E-state index in [2.05, 4.69) is 100 Å². The lowest BCUT2D eigenvalue weighted by atomic mass is 9.88. The third-order valence-electron chi connectivity index (χ3n) is 6.73. The molecule has 0 amide bonds. The van der Waals surface area contributed by atoms with Crippen molar-refractivity contribution in [3.05, 3.63) is 102 Å². The van der Waals surface area contributed by atoms with E-state index in [0.717, 1.165) is 51.9 Å². The van der Waals surface area contributed by atoms with Crippen LogP contribution in [0.4, 0.5) is 0 Å². The first-order valence-electron chi connectivity index (χ1n) is 11.5. The van der Waals surface area contributed by atoms with E-state index in [9.17, 15) is 0 Å². The molecule has 0 fully saturated rings. The van der Waals surface area contributed by atoms with Crippen LogP contribution < -0.4 is 0 Å². The molecular weight excluding hydrogens is 390 g/mol. The summed E-state index contributed by atoms with van der Waals surface area (Å²) in [5.41, 5.74) is 7.84. The Morgan fingerprint density at radius 2 is 1.75 bits per heavy atom. The van der Waals surface area contributed by atoms with E-state index in [4.69, 9.17) is 4.42 Å². The molecule has 0 bridgehead atoms. The Morgan fingerprint density at radius 3 is 2.50 bits per heavy atom. The Hall–Kier alpha value is -3.52. The van der Waals surface area contributed by atoms with E-state index in [-0.39, 0.29) is 0 Å². The Morgan fingerprint density at radius 1 is 0.969 bits per heavy atom. The van der Waals surface area contributed by atoms with Gasteiger partial charge in [0, 0.05) is 12.1 Å². The van der Waals surface area contributed by atoms with Crippen LogP contribution in [0.15, 0.2) is 89.0 Å². The monoisotopic (exact) mass is 419 g/mol. The van der Waals surface area contributed by atoms with Gasteiger partial charge in [-0.2, -0.15) is 0 Å². The Balaban J connectivity index is 1.75. The van der Waals surface area contributed by atoms with Crippen molar-refractivity contribution >= 4 is 28.7 Å². The van der Waals surface area contributed by atoms with Crippen LogP contribution in [0.3, 0.4) is 0 Å². The molecule has 0 unspecified atom stereocenters. The van der Waals surface area contributed by atoms with Gasteiger partial charge in [-0.3, -0.25) is 4.42 Å². The lowest BCUT2D eigenvalue weighted by molar-refractivity contribution is -0.418. The number of rotatable bonds is 5. The van der Waals surface area contributed by atoms with Crippen LogP contribution in [0.25, 0.3) is 33.1 Å². The van der Waals surface area contributed by atoms with Crippen molar-refractivity contribution in [2.75, 3.05) is 0 Å². The maximum Gasteiger partial charge on any atom is 0.352 e. The van der Waals surface area contributed by atoms with Gasteiger partial charge >= 0.3 is 5.58 Å². The number of para-hydroxylation sites is 1. The van der Waals surface area contributed by atoms with Gasteiger partial charge in [0.15, 0.2) is 0 Å². The highest BCUT2D eigenvalue weighted by molar-refractivity contribution is 6.11. The number of fused-ring (bicyclic) bond motifs is 3. The minimum absolute atomic E-state index is 0.551. The number of benzene rings is 3. The second-order valence-corrected chi connectivity index (χ2v) is 8.61. The van der Waals surface area contributed by atoms with Crippen LogP contribution in [0, 0.1) is 18.9 Å². The molecule has 0 radical (unpaired) electrons. The molecule has 1 aliphatic rings. The van der Waals surface area contributed by atoms with Gasteiger partial charge in [0.1, 0.15) is 0 Å². The van der Waals surface area contributed by atoms with Crippen LogP contribution in [-0.2, 0) is 0 Å². The van der Waals surface area contributed by atoms with Gasteiger partial charge in [-0.1, -0.05) is 82.0 Å². The second-order valence-electron chi connectivity index (χ2n) is 8.61. The van der Waals surface area contributed by atoms with Crippen LogP contribution in [-0.4, -0.2) is 11.3 Å². The van der Waals surface area contributed by atoms with Crippen LogP contribution in [0.1, 0.15) is 37.8 Å². The van der Waals surface area contributed by atoms with E-state index >= 15 is 0 Å². The van der Waals surface area contributed by atoms with Crippen molar-refractivity contribution in [3.63, 3.8) is 0 Å². The summed E-state index contributed by atoms with van der Waals surface area (Å²) in [7, 11) is 0. The van der Waals surface area contributed by atoms with E-state index in [0.29, 0.717) is 5.92 Å². The summed E-state index contributed by atoms with van der Waals surface area (Å²) in [4.78, 5) is 0.